The van der Waals surface area contributed by atoms with E-state index in [-0.39, 0.29) is 22.1 Å². The number of thiocarbonyl (C=S) groups is 1. The number of nitrogens with zero attached hydrogens (tertiary/aromatic N) is 2. The first-order valence-electron chi connectivity index (χ1n) is 10.8. The van der Waals surface area contributed by atoms with E-state index in [9.17, 15) is 15.2 Å². The van der Waals surface area contributed by atoms with Crippen molar-refractivity contribution >= 4 is 29.2 Å². The third-order valence-corrected chi connectivity index (χ3v) is 5.71. The summed E-state index contributed by atoms with van der Waals surface area (Å²) in [7, 11) is 0. The first-order valence-corrected chi connectivity index (χ1v) is 11.2. The van der Waals surface area contributed by atoms with E-state index in [0.29, 0.717) is 0 Å². The van der Waals surface area contributed by atoms with Crippen molar-refractivity contribution in [3.8, 4) is 5.75 Å². The molecule has 0 saturated carbocycles. The Labute approximate surface area is 207 Å². The van der Waals surface area contributed by atoms with Crippen LogP contribution in [0.25, 0.3) is 0 Å². The van der Waals surface area contributed by atoms with Crippen LogP contribution in [0, 0.1) is 10.1 Å². The Morgan fingerprint density at radius 3 is 1.80 bits per heavy atom. The molecule has 4 aromatic rings. The quantitative estimate of drug-likeness (QED) is 0.112. The smallest absolute Gasteiger partial charge is 0.270 e. The van der Waals surface area contributed by atoms with E-state index in [0.717, 1.165) is 16.7 Å². The lowest BCUT2D eigenvalue weighted by molar-refractivity contribution is -0.384. The Balaban J connectivity index is 1.69. The van der Waals surface area contributed by atoms with E-state index in [1.54, 1.807) is 0 Å². The highest BCUT2D eigenvalue weighted by molar-refractivity contribution is 7.80. The molecule has 0 spiro atoms. The number of benzene rings is 4. The molecule has 0 aliphatic carbocycles. The zero-order chi connectivity index (χ0) is 24.7. The molecule has 0 saturated heterocycles. The summed E-state index contributed by atoms with van der Waals surface area (Å²) < 4.78 is 0. The van der Waals surface area contributed by atoms with Crippen LogP contribution in [0.5, 0.6) is 5.75 Å². The molecule has 35 heavy (non-hydrogen) atoms. The number of nitrogens with one attached hydrogen (secondary N) is 2. The number of nitro benzene ring substituents is 1. The van der Waals surface area contributed by atoms with Crippen LogP contribution in [0.4, 0.5) is 5.69 Å². The van der Waals surface area contributed by atoms with Gasteiger partial charge in [0.15, 0.2) is 5.11 Å². The molecule has 174 valence electrons. The van der Waals surface area contributed by atoms with Gasteiger partial charge < -0.3 is 10.4 Å². The van der Waals surface area contributed by atoms with Crippen molar-refractivity contribution in [1.82, 2.24) is 10.7 Å². The lowest BCUT2D eigenvalue weighted by atomic mass is 9.77. The summed E-state index contributed by atoms with van der Waals surface area (Å²) in [4.78, 5) is 10.5. The fraction of sp³-hybridized carbons (Fsp3) is 0.0370. The second-order valence-electron chi connectivity index (χ2n) is 7.67. The number of phenolic OH excluding ortho intramolecular Hbond substituents is 1. The Morgan fingerprint density at radius 1 is 0.857 bits per heavy atom. The van der Waals surface area contributed by atoms with Gasteiger partial charge in [-0.3, -0.25) is 15.5 Å². The molecular weight excluding hydrogens is 460 g/mol. The number of phenols is 1. The zero-order valence-electron chi connectivity index (χ0n) is 18.5. The Bertz CT molecular complexity index is 1250. The molecule has 0 aliphatic heterocycles. The number of hydrazone groups is 1. The lowest BCUT2D eigenvalue weighted by Gasteiger charge is -2.37. The SMILES string of the molecule is O=[N+]([O-])c1ccc(O)c(/C=N/NC(=S)NC(c2ccccc2)(c2ccccc2)c2ccccc2)c1. The average molecular weight is 483 g/mol. The van der Waals surface area contributed by atoms with Gasteiger partial charge in [0.2, 0.25) is 0 Å². The second kappa shape index (κ2) is 10.6. The van der Waals surface area contributed by atoms with E-state index in [1.165, 1.54) is 24.4 Å². The van der Waals surface area contributed by atoms with Crippen LogP contribution in [-0.2, 0) is 5.54 Å². The van der Waals surface area contributed by atoms with Crippen LogP contribution < -0.4 is 10.7 Å². The van der Waals surface area contributed by atoms with Crippen molar-refractivity contribution in [2.75, 3.05) is 0 Å². The second-order valence-corrected chi connectivity index (χ2v) is 8.08. The normalized spacial score (nSPS) is 11.2. The van der Waals surface area contributed by atoms with Crippen molar-refractivity contribution in [2.45, 2.75) is 5.54 Å². The maximum Gasteiger partial charge on any atom is 0.270 e. The van der Waals surface area contributed by atoms with E-state index in [4.69, 9.17) is 12.2 Å². The number of hydrogen-bond acceptors (Lipinski definition) is 5. The molecule has 8 heteroatoms. The highest BCUT2D eigenvalue weighted by Crippen LogP contribution is 2.36. The zero-order valence-corrected chi connectivity index (χ0v) is 19.4. The highest BCUT2D eigenvalue weighted by atomic mass is 32.1. The summed E-state index contributed by atoms with van der Waals surface area (Å²) in [6, 6.07) is 33.6. The molecule has 0 bridgehead atoms. The summed E-state index contributed by atoms with van der Waals surface area (Å²) in [6.07, 6.45) is 1.28. The molecule has 0 radical (unpaired) electrons. The van der Waals surface area contributed by atoms with Crippen LogP contribution in [0.15, 0.2) is 114 Å². The number of non-ortho nitro benzene ring substituents is 1. The first-order chi connectivity index (χ1) is 17.0. The average Bonchev–Trinajstić information content (AvgIpc) is 2.90. The van der Waals surface area contributed by atoms with Crippen LogP contribution >= 0.6 is 12.2 Å². The Kier molecular flexibility index (Phi) is 7.13. The highest BCUT2D eigenvalue weighted by Gasteiger charge is 2.37. The molecule has 7 nitrogen and oxygen atoms in total. The van der Waals surface area contributed by atoms with Gasteiger partial charge >= 0.3 is 0 Å². The van der Waals surface area contributed by atoms with Gasteiger partial charge in [0.1, 0.15) is 11.3 Å². The van der Waals surface area contributed by atoms with Crippen molar-refractivity contribution in [1.29, 1.82) is 0 Å². The fourth-order valence-electron chi connectivity index (χ4n) is 3.90. The first kappa shape index (κ1) is 23.6. The maximum absolute atomic E-state index is 11.0. The molecule has 4 rings (SSSR count). The molecule has 0 aromatic heterocycles. The van der Waals surface area contributed by atoms with E-state index >= 15 is 0 Å². The lowest BCUT2D eigenvalue weighted by Crippen LogP contribution is -2.50. The summed E-state index contributed by atoms with van der Waals surface area (Å²) in [5.74, 6) is -0.132. The fourth-order valence-corrected chi connectivity index (χ4v) is 4.10. The molecule has 0 aliphatic rings. The minimum atomic E-state index is -0.822. The van der Waals surface area contributed by atoms with E-state index in [2.05, 4.69) is 15.8 Å². The molecule has 0 unspecified atom stereocenters. The predicted octanol–water partition coefficient (Wildman–Crippen LogP) is 5.09. The molecule has 0 fully saturated rings. The number of rotatable bonds is 7. The van der Waals surface area contributed by atoms with Crippen molar-refractivity contribution in [2.24, 2.45) is 5.10 Å². The van der Waals surface area contributed by atoms with Crippen molar-refractivity contribution in [3.63, 3.8) is 0 Å². The van der Waals surface area contributed by atoms with Gasteiger partial charge in [0, 0.05) is 17.7 Å². The van der Waals surface area contributed by atoms with Crippen molar-refractivity contribution in [3.05, 3.63) is 142 Å². The number of aromatic hydroxyl groups is 1. The van der Waals surface area contributed by atoms with Crippen molar-refractivity contribution < 1.29 is 10.0 Å². The van der Waals surface area contributed by atoms with Gasteiger partial charge in [0.05, 0.1) is 11.1 Å². The number of nitro groups is 1. The molecule has 0 amide bonds. The summed E-state index contributed by atoms with van der Waals surface area (Å²) in [6.45, 7) is 0. The summed E-state index contributed by atoms with van der Waals surface area (Å²) >= 11 is 5.61. The Hall–Kier alpha value is -4.56. The molecule has 0 atom stereocenters. The summed E-state index contributed by atoms with van der Waals surface area (Å²) in [5, 5.41) is 28.8. The van der Waals surface area contributed by atoms with E-state index < -0.39 is 10.5 Å². The van der Waals surface area contributed by atoms with E-state index in [1.807, 2.05) is 91.0 Å². The minimum Gasteiger partial charge on any atom is -0.507 e. The maximum atomic E-state index is 11.0. The van der Waals surface area contributed by atoms with Crippen LogP contribution in [0.2, 0.25) is 0 Å². The molecule has 3 N–H and O–H groups in total. The van der Waals surface area contributed by atoms with Gasteiger partial charge in [-0.2, -0.15) is 5.10 Å². The van der Waals surface area contributed by atoms with Gasteiger partial charge in [-0.15, -0.1) is 0 Å². The third-order valence-electron chi connectivity index (χ3n) is 5.51. The minimum absolute atomic E-state index is 0.132. The Morgan fingerprint density at radius 2 is 1.34 bits per heavy atom. The molecular formula is C27H22N4O3S. The van der Waals surface area contributed by atoms with Gasteiger partial charge in [-0.25, -0.2) is 0 Å². The molecule has 0 heterocycles. The van der Waals surface area contributed by atoms with Crippen LogP contribution in [0.1, 0.15) is 22.3 Å². The third kappa shape index (κ3) is 5.18. The van der Waals surface area contributed by atoms with Crippen LogP contribution in [-0.4, -0.2) is 21.4 Å². The monoisotopic (exact) mass is 482 g/mol. The van der Waals surface area contributed by atoms with Gasteiger partial charge in [-0.05, 0) is 35.0 Å². The van der Waals surface area contributed by atoms with Gasteiger partial charge in [-0.1, -0.05) is 91.0 Å². The topological polar surface area (TPSA) is 99.8 Å². The largest absolute Gasteiger partial charge is 0.507 e. The van der Waals surface area contributed by atoms with Gasteiger partial charge in [0.25, 0.3) is 5.69 Å². The molecule has 4 aromatic carbocycles. The van der Waals surface area contributed by atoms with Crippen LogP contribution in [0.3, 0.4) is 0 Å². The number of hydrogen-bond donors (Lipinski definition) is 3. The standard InChI is InChI=1S/C27H22N4O3S/c32-25-17-16-24(31(33)34)18-20(25)19-28-30-26(35)29-27(21-10-4-1-5-11-21,22-12-6-2-7-13-22)23-14-8-3-9-15-23/h1-19,32H,(H2,29,30,35)/b28-19+. The summed E-state index contributed by atoms with van der Waals surface area (Å²) in [5.41, 5.74) is 4.92. The predicted molar refractivity (Wildman–Crippen MR) is 140 cm³/mol.